The highest BCUT2D eigenvalue weighted by Crippen LogP contribution is 2.18. The van der Waals surface area contributed by atoms with E-state index in [-0.39, 0.29) is 12.0 Å². The van der Waals surface area contributed by atoms with E-state index in [2.05, 4.69) is 36.6 Å². The van der Waals surface area contributed by atoms with Crippen LogP contribution in [0.4, 0.5) is 11.6 Å². The van der Waals surface area contributed by atoms with Crippen molar-refractivity contribution in [3.63, 3.8) is 0 Å². The van der Waals surface area contributed by atoms with Gasteiger partial charge in [0.05, 0.1) is 19.2 Å². The number of H-pyrrole nitrogens is 1. The number of aromatic nitrogens is 2. The minimum absolute atomic E-state index is 0.0628. The Morgan fingerprint density at radius 2 is 1.80 bits per heavy atom. The number of carbonyl (C=O) groups excluding carboxylic acids is 1. The number of hydrogen-bond donors (Lipinski definition) is 1. The van der Waals surface area contributed by atoms with E-state index in [9.17, 15) is 9.59 Å². The van der Waals surface area contributed by atoms with E-state index in [1.54, 1.807) is 6.92 Å². The maximum Gasteiger partial charge on any atom is 0.310 e. The minimum Gasteiger partial charge on any atom is -0.469 e. The number of carbonyl (C=O) groups is 1. The number of nitrogens with zero attached hydrogens (tertiary/aromatic N) is 3. The third kappa shape index (κ3) is 3.81. The number of rotatable bonds is 4. The van der Waals surface area contributed by atoms with Crippen molar-refractivity contribution in [1.29, 1.82) is 0 Å². The first-order valence-electron chi connectivity index (χ1n) is 8.30. The van der Waals surface area contributed by atoms with E-state index in [0.29, 0.717) is 17.2 Å². The zero-order chi connectivity index (χ0) is 17.8. The molecule has 1 saturated heterocycles. The van der Waals surface area contributed by atoms with Gasteiger partial charge >= 0.3 is 5.97 Å². The molecule has 2 heterocycles. The summed E-state index contributed by atoms with van der Waals surface area (Å²) in [7, 11) is 1.31. The van der Waals surface area contributed by atoms with Crippen LogP contribution in [0.2, 0.25) is 0 Å². The van der Waals surface area contributed by atoms with Gasteiger partial charge in [-0.25, -0.2) is 4.98 Å². The lowest BCUT2D eigenvalue weighted by Gasteiger charge is -2.36. The van der Waals surface area contributed by atoms with Gasteiger partial charge in [0.15, 0.2) is 0 Å². The Morgan fingerprint density at radius 3 is 2.40 bits per heavy atom. The molecule has 7 heteroatoms. The normalized spacial score (nSPS) is 14.5. The number of nitrogens with one attached hydrogen (secondary N) is 1. The van der Waals surface area contributed by atoms with Crippen LogP contribution in [-0.4, -0.2) is 49.2 Å². The molecule has 0 atom stereocenters. The van der Waals surface area contributed by atoms with Crippen LogP contribution >= 0.6 is 0 Å². The summed E-state index contributed by atoms with van der Waals surface area (Å²) < 4.78 is 4.63. The van der Waals surface area contributed by atoms with Crippen molar-refractivity contribution >= 4 is 17.6 Å². The number of methoxy groups -OCH3 is 1. The van der Waals surface area contributed by atoms with Crippen molar-refractivity contribution in [2.75, 3.05) is 43.1 Å². The molecule has 1 N–H and O–H groups in total. The van der Waals surface area contributed by atoms with Crippen LogP contribution in [0.25, 0.3) is 0 Å². The third-order valence-electron chi connectivity index (χ3n) is 4.46. The highest BCUT2D eigenvalue weighted by Gasteiger charge is 2.21. The maximum absolute atomic E-state index is 12.3. The molecule has 0 bridgehead atoms. The molecule has 1 aliphatic rings. The number of aryl methyl sites for hydroxylation is 1. The summed E-state index contributed by atoms with van der Waals surface area (Å²) in [6.07, 6.45) is -0.0628. The second-order valence-corrected chi connectivity index (χ2v) is 6.02. The standard InChI is InChI=1S/C18H22N4O3/c1-13-15(12-16(23)25-2)17(24)20-18(19-13)22-10-8-21(9-11-22)14-6-4-3-5-7-14/h3-7H,8-12H2,1-2H3,(H,19,20,24). The van der Waals surface area contributed by atoms with E-state index >= 15 is 0 Å². The molecular formula is C18H22N4O3. The Labute approximate surface area is 146 Å². The Hall–Kier alpha value is -2.83. The largest absolute Gasteiger partial charge is 0.469 e. The average molecular weight is 342 g/mol. The Bertz CT molecular complexity index is 796. The zero-order valence-electron chi connectivity index (χ0n) is 14.5. The monoisotopic (exact) mass is 342 g/mol. The summed E-state index contributed by atoms with van der Waals surface area (Å²) in [4.78, 5) is 35.4. The van der Waals surface area contributed by atoms with E-state index in [1.807, 2.05) is 18.2 Å². The number of esters is 1. The van der Waals surface area contributed by atoms with E-state index in [1.165, 1.54) is 12.8 Å². The minimum atomic E-state index is -0.445. The molecule has 1 aromatic carbocycles. The second-order valence-electron chi connectivity index (χ2n) is 6.02. The summed E-state index contributed by atoms with van der Waals surface area (Å²) in [5.41, 5.74) is 1.85. The van der Waals surface area contributed by atoms with Gasteiger partial charge in [-0.15, -0.1) is 0 Å². The topological polar surface area (TPSA) is 78.5 Å². The number of aromatic amines is 1. The number of para-hydroxylation sites is 1. The van der Waals surface area contributed by atoms with Crippen molar-refractivity contribution in [2.24, 2.45) is 0 Å². The Morgan fingerprint density at radius 1 is 1.16 bits per heavy atom. The highest BCUT2D eigenvalue weighted by molar-refractivity contribution is 5.72. The molecule has 0 aliphatic carbocycles. The molecule has 1 aliphatic heterocycles. The van der Waals surface area contributed by atoms with Crippen LogP contribution < -0.4 is 15.4 Å². The number of anilines is 2. The predicted molar refractivity (Wildman–Crippen MR) is 96.2 cm³/mol. The average Bonchev–Trinajstić information content (AvgIpc) is 2.65. The molecule has 0 unspecified atom stereocenters. The van der Waals surface area contributed by atoms with Gasteiger partial charge in [-0.1, -0.05) is 18.2 Å². The molecule has 2 aromatic rings. The van der Waals surface area contributed by atoms with E-state index < -0.39 is 5.97 Å². The van der Waals surface area contributed by atoms with Gasteiger partial charge in [0, 0.05) is 37.4 Å². The first-order chi connectivity index (χ1) is 12.1. The first kappa shape index (κ1) is 17.0. The summed E-state index contributed by atoms with van der Waals surface area (Å²) in [6, 6.07) is 10.3. The van der Waals surface area contributed by atoms with Gasteiger partial charge in [0.1, 0.15) is 0 Å². The molecule has 132 valence electrons. The number of piperazine rings is 1. The molecule has 1 aromatic heterocycles. The predicted octanol–water partition coefficient (Wildman–Crippen LogP) is 1.12. The number of hydrogen-bond acceptors (Lipinski definition) is 6. The van der Waals surface area contributed by atoms with Gasteiger partial charge < -0.3 is 14.5 Å². The molecule has 3 rings (SSSR count). The molecule has 7 nitrogen and oxygen atoms in total. The molecule has 0 saturated carbocycles. The van der Waals surface area contributed by atoms with Crippen molar-refractivity contribution in [3.05, 3.63) is 51.9 Å². The molecule has 25 heavy (non-hydrogen) atoms. The van der Waals surface area contributed by atoms with Crippen LogP contribution in [0.15, 0.2) is 35.1 Å². The first-order valence-corrected chi connectivity index (χ1v) is 8.30. The number of benzene rings is 1. The SMILES string of the molecule is COC(=O)Cc1c(C)nc(N2CCN(c3ccccc3)CC2)[nH]c1=O. The summed E-state index contributed by atoms with van der Waals surface area (Å²) in [5.74, 6) is 0.114. The quantitative estimate of drug-likeness (QED) is 0.839. The van der Waals surface area contributed by atoms with Crippen LogP contribution in [-0.2, 0) is 16.0 Å². The molecular weight excluding hydrogens is 320 g/mol. The van der Waals surface area contributed by atoms with Crippen molar-refractivity contribution < 1.29 is 9.53 Å². The van der Waals surface area contributed by atoms with Crippen LogP contribution in [0.1, 0.15) is 11.3 Å². The van der Waals surface area contributed by atoms with Crippen LogP contribution in [0, 0.1) is 6.92 Å². The third-order valence-corrected chi connectivity index (χ3v) is 4.46. The maximum atomic E-state index is 12.3. The van der Waals surface area contributed by atoms with Crippen molar-refractivity contribution in [1.82, 2.24) is 9.97 Å². The smallest absolute Gasteiger partial charge is 0.310 e. The lowest BCUT2D eigenvalue weighted by atomic mass is 10.2. The Kier molecular flexibility index (Phi) is 5.02. The van der Waals surface area contributed by atoms with E-state index in [0.717, 1.165) is 26.2 Å². The molecule has 0 amide bonds. The molecule has 1 fully saturated rings. The fraction of sp³-hybridized carbons (Fsp3) is 0.389. The molecule has 0 spiro atoms. The van der Waals surface area contributed by atoms with Crippen molar-refractivity contribution in [2.45, 2.75) is 13.3 Å². The van der Waals surface area contributed by atoms with Gasteiger partial charge in [-0.05, 0) is 19.1 Å². The fourth-order valence-corrected chi connectivity index (χ4v) is 2.99. The lowest BCUT2D eigenvalue weighted by molar-refractivity contribution is -0.139. The van der Waals surface area contributed by atoms with Gasteiger partial charge in [0.25, 0.3) is 5.56 Å². The second kappa shape index (κ2) is 7.38. The summed E-state index contributed by atoms with van der Waals surface area (Å²) >= 11 is 0. The van der Waals surface area contributed by atoms with Gasteiger partial charge in [-0.2, -0.15) is 0 Å². The highest BCUT2D eigenvalue weighted by atomic mass is 16.5. The van der Waals surface area contributed by atoms with E-state index in [4.69, 9.17) is 0 Å². The zero-order valence-corrected chi connectivity index (χ0v) is 14.5. The Balaban J connectivity index is 1.71. The van der Waals surface area contributed by atoms with Gasteiger partial charge in [-0.3, -0.25) is 14.6 Å². The van der Waals surface area contributed by atoms with Gasteiger partial charge in [0.2, 0.25) is 5.95 Å². The summed E-state index contributed by atoms with van der Waals surface area (Å²) in [5, 5.41) is 0. The summed E-state index contributed by atoms with van der Waals surface area (Å²) in [6.45, 7) is 5.01. The lowest BCUT2D eigenvalue weighted by Crippen LogP contribution is -2.47. The van der Waals surface area contributed by atoms with Crippen LogP contribution in [0.3, 0.4) is 0 Å². The molecule has 0 radical (unpaired) electrons. The van der Waals surface area contributed by atoms with Crippen molar-refractivity contribution in [3.8, 4) is 0 Å². The van der Waals surface area contributed by atoms with Crippen LogP contribution in [0.5, 0.6) is 0 Å². The number of ether oxygens (including phenoxy) is 1. The fourth-order valence-electron chi connectivity index (χ4n) is 2.99.